The van der Waals surface area contributed by atoms with Crippen LogP contribution in [-0.4, -0.2) is 21.4 Å². The molecule has 5 nitrogen and oxygen atoms in total. The van der Waals surface area contributed by atoms with Crippen molar-refractivity contribution in [3.8, 4) is 0 Å². The van der Waals surface area contributed by atoms with Gasteiger partial charge in [0.15, 0.2) is 11.6 Å². The van der Waals surface area contributed by atoms with Crippen molar-refractivity contribution in [1.29, 1.82) is 0 Å². The molecule has 4 rings (SSSR count). The summed E-state index contributed by atoms with van der Waals surface area (Å²) in [6, 6.07) is 27.3. The van der Waals surface area contributed by atoms with Crippen LogP contribution in [0.5, 0.6) is 0 Å². The molecule has 0 heterocycles. The average molecular weight is 430 g/mol. The Labute approximate surface area is 179 Å². The minimum Gasteiger partial charge on any atom is -0.323 e. The molecule has 4 aromatic carbocycles. The van der Waals surface area contributed by atoms with Gasteiger partial charge in [0.05, 0.1) is 0 Å². The van der Waals surface area contributed by atoms with Crippen LogP contribution in [0.15, 0.2) is 103 Å². The lowest BCUT2D eigenvalue weighted by molar-refractivity contribution is 0.0809. The second kappa shape index (κ2) is 8.05. The standard InChI is InChI=1S/C25H19O5P/c26-23(19-11-3-1-4-12-19)25(31(28,29)30,24(27)20-13-5-2-6-14-20)22-17-9-15-18-10-7-8-16-21(18)22/h1-17H,(H2,28,29,30). The second-order valence-electron chi connectivity index (χ2n) is 7.17. The van der Waals surface area contributed by atoms with Gasteiger partial charge in [-0.15, -0.1) is 0 Å². The summed E-state index contributed by atoms with van der Waals surface area (Å²) in [6.45, 7) is 0. The lowest BCUT2D eigenvalue weighted by Crippen LogP contribution is -2.44. The van der Waals surface area contributed by atoms with Crippen molar-refractivity contribution in [2.75, 3.05) is 0 Å². The number of hydrogen-bond donors (Lipinski definition) is 2. The molecule has 0 aromatic heterocycles. The summed E-state index contributed by atoms with van der Waals surface area (Å²) in [7, 11) is -5.38. The Bertz CT molecular complexity index is 1250. The lowest BCUT2D eigenvalue weighted by atomic mass is 9.81. The third kappa shape index (κ3) is 3.43. The third-order valence-electron chi connectivity index (χ3n) is 5.35. The van der Waals surface area contributed by atoms with E-state index in [9.17, 15) is 23.9 Å². The number of hydrogen-bond acceptors (Lipinski definition) is 3. The smallest absolute Gasteiger partial charge is 0.323 e. The van der Waals surface area contributed by atoms with Crippen molar-refractivity contribution in [2.24, 2.45) is 0 Å². The molecule has 0 amide bonds. The third-order valence-corrected chi connectivity index (χ3v) is 6.87. The summed E-state index contributed by atoms with van der Waals surface area (Å²) in [5.41, 5.74) is 0.0766. The van der Waals surface area contributed by atoms with Gasteiger partial charge in [-0.25, -0.2) is 0 Å². The van der Waals surface area contributed by atoms with E-state index in [2.05, 4.69) is 0 Å². The Morgan fingerprint density at radius 3 is 1.58 bits per heavy atom. The molecule has 0 bridgehead atoms. The van der Waals surface area contributed by atoms with Gasteiger partial charge >= 0.3 is 7.60 Å². The van der Waals surface area contributed by atoms with Crippen LogP contribution in [-0.2, 0) is 9.72 Å². The molecule has 0 radical (unpaired) electrons. The minimum absolute atomic E-state index is 0.0124. The van der Waals surface area contributed by atoms with E-state index in [0.717, 1.165) is 0 Å². The molecule has 0 saturated heterocycles. The Hall–Kier alpha value is -3.37. The topological polar surface area (TPSA) is 91.7 Å². The number of fused-ring (bicyclic) bond motifs is 1. The molecule has 4 aromatic rings. The Kier molecular flexibility index (Phi) is 5.42. The summed E-state index contributed by atoms with van der Waals surface area (Å²) < 4.78 is 13.2. The zero-order valence-corrected chi connectivity index (χ0v) is 17.3. The van der Waals surface area contributed by atoms with Gasteiger partial charge in [0.2, 0.25) is 5.16 Å². The molecule has 0 aliphatic heterocycles. The maximum absolute atomic E-state index is 13.9. The molecule has 2 N–H and O–H groups in total. The van der Waals surface area contributed by atoms with E-state index in [4.69, 9.17) is 0 Å². The van der Waals surface area contributed by atoms with Crippen LogP contribution >= 0.6 is 7.60 Å². The first-order chi connectivity index (χ1) is 14.9. The van der Waals surface area contributed by atoms with Gasteiger partial charge in [0.25, 0.3) is 0 Å². The number of Topliss-reactive ketones (excluding diaryl/α,β-unsaturated/α-hetero) is 2. The van der Waals surface area contributed by atoms with Crippen LogP contribution in [0.25, 0.3) is 10.8 Å². The second-order valence-corrected chi connectivity index (χ2v) is 8.93. The van der Waals surface area contributed by atoms with Crippen LogP contribution in [0.1, 0.15) is 26.3 Å². The van der Waals surface area contributed by atoms with Crippen molar-refractivity contribution >= 4 is 29.9 Å². The van der Waals surface area contributed by atoms with Gasteiger partial charge in [-0.1, -0.05) is 103 Å². The van der Waals surface area contributed by atoms with Gasteiger partial charge in [-0.05, 0) is 16.3 Å². The zero-order valence-electron chi connectivity index (χ0n) is 16.4. The Morgan fingerprint density at radius 2 is 1.06 bits per heavy atom. The van der Waals surface area contributed by atoms with Gasteiger partial charge in [0.1, 0.15) is 0 Å². The monoisotopic (exact) mass is 430 g/mol. The minimum atomic E-state index is -5.38. The predicted molar refractivity (Wildman–Crippen MR) is 119 cm³/mol. The van der Waals surface area contributed by atoms with Crippen LogP contribution in [0, 0.1) is 0 Å². The van der Waals surface area contributed by atoms with Crippen molar-refractivity contribution in [2.45, 2.75) is 5.16 Å². The summed E-state index contributed by atoms with van der Waals surface area (Å²) >= 11 is 0. The number of carbonyl (C=O) groups is 2. The molecule has 0 spiro atoms. The van der Waals surface area contributed by atoms with Gasteiger partial charge in [-0.3, -0.25) is 14.2 Å². The van der Waals surface area contributed by atoms with Crippen LogP contribution < -0.4 is 0 Å². The van der Waals surface area contributed by atoms with E-state index in [1.807, 2.05) is 0 Å². The quantitative estimate of drug-likeness (QED) is 0.256. The highest BCUT2D eigenvalue weighted by Gasteiger charge is 2.61. The molecule has 0 saturated carbocycles. The highest BCUT2D eigenvalue weighted by atomic mass is 31.2. The predicted octanol–water partition coefficient (Wildman–Crippen LogP) is 4.98. The van der Waals surface area contributed by atoms with E-state index in [-0.39, 0.29) is 16.7 Å². The molecule has 0 aliphatic rings. The molecule has 0 aliphatic carbocycles. The fraction of sp³-hybridized carbons (Fsp3) is 0.0400. The normalized spacial score (nSPS) is 11.9. The average Bonchev–Trinajstić information content (AvgIpc) is 2.79. The molecule has 0 unspecified atom stereocenters. The van der Waals surface area contributed by atoms with Gasteiger partial charge in [-0.2, -0.15) is 0 Å². The SMILES string of the molecule is O=C(c1ccccc1)C(C(=O)c1ccccc1)(c1cccc2ccccc12)P(=O)(O)O. The number of ketones is 2. The highest BCUT2D eigenvalue weighted by Crippen LogP contribution is 2.61. The zero-order chi connectivity index (χ0) is 22.1. The first kappa shape index (κ1) is 20.9. The van der Waals surface area contributed by atoms with E-state index < -0.39 is 24.3 Å². The molecule has 154 valence electrons. The first-order valence-electron chi connectivity index (χ1n) is 9.61. The van der Waals surface area contributed by atoms with Crippen molar-refractivity contribution in [3.05, 3.63) is 120 Å². The fourth-order valence-corrected chi connectivity index (χ4v) is 5.20. The van der Waals surface area contributed by atoms with E-state index >= 15 is 0 Å². The molecular formula is C25H19O5P. The molecule has 6 heteroatoms. The Morgan fingerprint density at radius 1 is 0.613 bits per heavy atom. The van der Waals surface area contributed by atoms with Crippen molar-refractivity contribution < 1.29 is 23.9 Å². The highest BCUT2D eigenvalue weighted by molar-refractivity contribution is 7.56. The van der Waals surface area contributed by atoms with Crippen molar-refractivity contribution in [1.82, 2.24) is 0 Å². The van der Waals surface area contributed by atoms with Crippen LogP contribution in [0.3, 0.4) is 0 Å². The van der Waals surface area contributed by atoms with Gasteiger partial charge < -0.3 is 9.79 Å². The van der Waals surface area contributed by atoms with E-state index in [1.165, 1.54) is 30.3 Å². The van der Waals surface area contributed by atoms with Crippen LogP contribution in [0.4, 0.5) is 0 Å². The lowest BCUT2D eigenvalue weighted by Gasteiger charge is -2.33. The first-order valence-corrected chi connectivity index (χ1v) is 11.2. The number of rotatable bonds is 6. The number of carbonyl (C=O) groups excluding carboxylic acids is 2. The summed E-state index contributed by atoms with van der Waals surface area (Å²) in [5.74, 6) is -1.88. The molecule has 31 heavy (non-hydrogen) atoms. The summed E-state index contributed by atoms with van der Waals surface area (Å²) in [5, 5.41) is -1.63. The maximum Gasteiger partial charge on any atom is 0.351 e. The fourth-order valence-electron chi connectivity index (χ4n) is 3.91. The van der Waals surface area contributed by atoms with Crippen LogP contribution in [0.2, 0.25) is 0 Å². The maximum atomic E-state index is 13.9. The summed E-state index contributed by atoms with van der Waals surface area (Å²) in [4.78, 5) is 49.1. The Balaban J connectivity index is 2.14. The number of benzene rings is 4. The van der Waals surface area contributed by atoms with Gasteiger partial charge in [0, 0.05) is 11.1 Å². The van der Waals surface area contributed by atoms with E-state index in [1.54, 1.807) is 72.8 Å². The van der Waals surface area contributed by atoms with E-state index in [0.29, 0.717) is 10.8 Å². The molecule has 0 atom stereocenters. The molecule has 0 fully saturated rings. The molecular weight excluding hydrogens is 411 g/mol. The van der Waals surface area contributed by atoms with Crippen molar-refractivity contribution in [3.63, 3.8) is 0 Å². The summed E-state index contributed by atoms with van der Waals surface area (Å²) in [6.07, 6.45) is 0. The largest absolute Gasteiger partial charge is 0.351 e.